The number of aromatic amines is 2. The molecule has 3 aromatic heterocycles. The van der Waals surface area contributed by atoms with E-state index in [4.69, 9.17) is 0 Å². The van der Waals surface area contributed by atoms with Crippen molar-refractivity contribution in [2.24, 2.45) is 0 Å². The van der Waals surface area contributed by atoms with E-state index in [1.807, 2.05) is 12.1 Å². The van der Waals surface area contributed by atoms with Crippen molar-refractivity contribution in [3.8, 4) is 11.1 Å². The predicted octanol–water partition coefficient (Wildman–Crippen LogP) is 3.42. The van der Waals surface area contributed by atoms with Gasteiger partial charge >= 0.3 is 17.1 Å². The molecule has 0 amide bonds. The predicted molar refractivity (Wildman–Crippen MR) is 159 cm³/mol. The summed E-state index contributed by atoms with van der Waals surface area (Å²) in [6.07, 6.45) is 6.00. The first-order valence-corrected chi connectivity index (χ1v) is 15.8. The van der Waals surface area contributed by atoms with E-state index in [1.54, 1.807) is 30.3 Å². The molecule has 4 aromatic rings. The van der Waals surface area contributed by atoms with Crippen LogP contribution in [0.3, 0.4) is 0 Å². The summed E-state index contributed by atoms with van der Waals surface area (Å²) in [4.78, 5) is 26.0. The van der Waals surface area contributed by atoms with Gasteiger partial charge in [0.2, 0.25) is 0 Å². The van der Waals surface area contributed by atoms with E-state index in [0.29, 0.717) is 27.8 Å². The number of aromatic carboxylic acids is 1. The first kappa shape index (κ1) is 32.0. The number of carboxylic acids is 1. The third-order valence-corrected chi connectivity index (χ3v) is 9.68. The maximum absolute atomic E-state index is 12.4. The molecule has 0 unspecified atom stereocenters. The molecule has 2 aliphatic heterocycles. The quantitative estimate of drug-likeness (QED) is 0.204. The van der Waals surface area contributed by atoms with Crippen molar-refractivity contribution in [2.75, 3.05) is 0 Å². The molecular weight excluding hydrogens is 664 g/mol. The van der Waals surface area contributed by atoms with Crippen LogP contribution in [0, 0.1) is 20.8 Å². The van der Waals surface area contributed by atoms with Crippen molar-refractivity contribution < 1.29 is 52.9 Å². The fraction of sp³-hybridized carbons (Fsp3) is 0.100. The molecule has 0 spiro atoms. The zero-order chi connectivity index (χ0) is 31.7. The van der Waals surface area contributed by atoms with Gasteiger partial charge in [-0.3, -0.25) is 0 Å². The second kappa shape index (κ2) is 11.2. The number of benzene rings is 1. The Morgan fingerprint density at radius 2 is 1.18 bits per heavy atom. The normalized spacial score (nSPS) is 12.7. The van der Waals surface area contributed by atoms with Crippen LogP contribution in [-0.2, 0) is 37.3 Å². The molecule has 0 fully saturated rings. The molecule has 15 heteroatoms. The number of fused-ring (bicyclic) bond motifs is 8. The van der Waals surface area contributed by atoms with Crippen molar-refractivity contribution in [3.63, 3.8) is 0 Å². The first-order valence-electron chi connectivity index (χ1n) is 13.0. The summed E-state index contributed by atoms with van der Waals surface area (Å²) >= 11 is 0. The number of H-pyrrole nitrogens is 2. The van der Waals surface area contributed by atoms with Gasteiger partial charge in [0.05, 0.1) is 38.5 Å². The van der Waals surface area contributed by atoms with Crippen molar-refractivity contribution in [2.45, 2.75) is 30.6 Å². The van der Waals surface area contributed by atoms with Crippen molar-refractivity contribution in [3.05, 3.63) is 81.4 Å². The van der Waals surface area contributed by atoms with Gasteiger partial charge in [0.25, 0.3) is 0 Å². The molecule has 2 aliphatic rings. The molecule has 1 radical (unpaired) electrons. The third-order valence-electron chi connectivity index (χ3n) is 7.46. The van der Waals surface area contributed by atoms with E-state index in [0.717, 1.165) is 6.92 Å². The Hall–Kier alpha value is -4.37. The van der Waals surface area contributed by atoms with Gasteiger partial charge in [-0.15, -0.1) is 0 Å². The average molecular weight is 685 g/mol. The number of aromatic nitrogens is 4. The Balaban J connectivity index is 0.00000400. The largest absolute Gasteiger partial charge is 3.00 e. The van der Waals surface area contributed by atoms with Crippen LogP contribution in [-0.4, -0.2) is 51.8 Å². The molecule has 0 saturated heterocycles. The van der Waals surface area contributed by atoms with Gasteiger partial charge < -0.3 is 29.0 Å². The number of carboxylic acid groups (broad SMARTS) is 1. The third kappa shape index (κ3) is 5.65. The molecule has 8 bridgehead atoms. The smallest absolute Gasteiger partial charge is 0.744 e. The molecule has 2 N–H and O–H groups in total. The Bertz CT molecular complexity index is 2350. The Labute approximate surface area is 267 Å². The summed E-state index contributed by atoms with van der Waals surface area (Å²) in [6, 6.07) is 10.5. The van der Waals surface area contributed by atoms with Crippen molar-refractivity contribution in [1.82, 2.24) is 19.9 Å². The van der Waals surface area contributed by atoms with Gasteiger partial charge in [0, 0.05) is 33.2 Å². The van der Waals surface area contributed by atoms with Crippen LogP contribution < -0.4 is 5.11 Å². The van der Waals surface area contributed by atoms with Gasteiger partial charge in [-0.1, -0.05) is 0 Å². The van der Waals surface area contributed by atoms with Crippen molar-refractivity contribution >= 4 is 72.6 Å². The second-order valence-electron chi connectivity index (χ2n) is 10.3. The van der Waals surface area contributed by atoms with E-state index in [2.05, 4.69) is 19.9 Å². The SMILES string of the molecule is Cc1c(-c2c3nc(c(C(=O)[O-])c4nc(cc5ccc(cc6ccc2[nH]6)[nH]5)C=C4)C=C3)c(C)c(S(=O)(=O)[O-])c(C)c1S(=O)(=O)[O-].[Fe+3]. The Kier molecular flexibility index (Phi) is 7.98. The van der Waals surface area contributed by atoms with Gasteiger partial charge in [-0.25, -0.2) is 26.8 Å². The molecule has 0 saturated carbocycles. The minimum Gasteiger partial charge on any atom is -0.744 e. The molecule has 229 valence electrons. The fourth-order valence-electron chi connectivity index (χ4n) is 5.84. The second-order valence-corrected chi connectivity index (χ2v) is 12.9. The summed E-state index contributed by atoms with van der Waals surface area (Å²) in [6.45, 7) is 3.75. The molecule has 45 heavy (non-hydrogen) atoms. The van der Waals surface area contributed by atoms with Gasteiger partial charge in [-0.2, -0.15) is 0 Å². The number of rotatable bonds is 4. The van der Waals surface area contributed by atoms with Gasteiger partial charge in [0.1, 0.15) is 20.2 Å². The van der Waals surface area contributed by atoms with Gasteiger partial charge in [-0.05, 0) is 104 Å². The summed E-state index contributed by atoms with van der Waals surface area (Å²) in [5.74, 6) is -1.55. The van der Waals surface area contributed by atoms with E-state index in [1.165, 1.54) is 32.1 Å². The Morgan fingerprint density at radius 3 is 1.78 bits per heavy atom. The summed E-state index contributed by atoms with van der Waals surface area (Å²) in [7, 11) is -10.5. The first-order chi connectivity index (χ1) is 20.6. The zero-order valence-corrected chi connectivity index (χ0v) is 26.3. The molecular formula is C30H21FeN4O8S2. The fourth-order valence-corrected chi connectivity index (χ4v) is 7.82. The zero-order valence-electron chi connectivity index (χ0n) is 23.6. The average Bonchev–Trinajstić information content (AvgIpc) is 3.70. The molecule has 6 rings (SSSR count). The summed E-state index contributed by atoms with van der Waals surface area (Å²) < 4.78 is 74.7. The number of hydrogen-bond donors (Lipinski definition) is 2. The minimum absolute atomic E-state index is 0. The van der Waals surface area contributed by atoms with E-state index in [9.17, 15) is 35.8 Å². The number of carbonyl (C=O) groups excluding carboxylic acids is 1. The molecule has 0 atom stereocenters. The van der Waals surface area contributed by atoms with Crippen LogP contribution in [0.1, 0.15) is 49.8 Å². The summed E-state index contributed by atoms with van der Waals surface area (Å²) in [5, 5.41) is 12.3. The van der Waals surface area contributed by atoms with Crippen LogP contribution in [0.5, 0.6) is 0 Å². The summed E-state index contributed by atoms with van der Waals surface area (Å²) in [5.41, 5.74) is 1.97. The van der Waals surface area contributed by atoms with E-state index in [-0.39, 0.29) is 62.0 Å². The van der Waals surface area contributed by atoms with Crippen molar-refractivity contribution in [1.29, 1.82) is 0 Å². The number of carbonyl (C=O) groups is 1. The van der Waals surface area contributed by atoms with Crippen LogP contribution in [0.15, 0.2) is 46.2 Å². The van der Waals surface area contributed by atoms with Crippen LogP contribution in [0.4, 0.5) is 0 Å². The van der Waals surface area contributed by atoms with Crippen LogP contribution in [0.25, 0.3) is 57.5 Å². The molecule has 5 heterocycles. The maximum atomic E-state index is 12.4. The topological polar surface area (TPSA) is 212 Å². The van der Waals surface area contributed by atoms with Crippen LogP contribution >= 0.6 is 0 Å². The standard InChI is InChI=1S/C30H24N4O8S2.Fe/c1-14-25(15(2)29(44(40,41)42)16(3)28(14)43(37,38)39)26-21-8-6-19(32-21)12-17-4-5-18(31-17)13-20-7-9-23(33-20)27(30(35)36)24-11-10-22(26)34-24;/h4-13,31-32H,1-3H3,(H,35,36)(H,37,38,39)(H,40,41,42);/q;+3/p-3. The maximum Gasteiger partial charge on any atom is 3.00 e. The molecule has 1 aromatic carbocycles. The van der Waals surface area contributed by atoms with Gasteiger partial charge in [0.15, 0.2) is 0 Å². The number of hydrogen-bond acceptors (Lipinski definition) is 10. The molecule has 0 aliphatic carbocycles. The monoisotopic (exact) mass is 685 g/mol. The molecule has 12 nitrogen and oxygen atoms in total. The number of nitrogens with zero attached hydrogens (tertiary/aromatic N) is 2. The number of nitrogens with one attached hydrogen (secondary N) is 2. The minimum atomic E-state index is -5.27. The van der Waals surface area contributed by atoms with E-state index < -0.39 is 41.6 Å². The Morgan fingerprint density at radius 1 is 0.667 bits per heavy atom. The van der Waals surface area contributed by atoms with Crippen LogP contribution in [0.2, 0.25) is 0 Å². The van der Waals surface area contributed by atoms with E-state index >= 15 is 0 Å².